The smallest absolute Gasteiger partial charge is 0.238 e. The Morgan fingerprint density at radius 2 is 0.645 bits per heavy atom. The molecule has 290 valence electrons. The van der Waals surface area contributed by atoms with Gasteiger partial charge in [-0.05, 0) is 35.4 Å². The lowest BCUT2D eigenvalue weighted by Crippen LogP contribution is -2.06. The highest BCUT2D eigenvalue weighted by molar-refractivity contribution is 6.17. The van der Waals surface area contributed by atoms with E-state index in [0.29, 0.717) is 35.2 Å². The van der Waals surface area contributed by atoms with Crippen molar-refractivity contribution in [3.63, 3.8) is 0 Å². The Morgan fingerprint density at radius 3 is 1.15 bits per heavy atom. The molecule has 0 fully saturated rings. The molecule has 0 N–H and O–H groups in total. The van der Waals surface area contributed by atoms with E-state index < -0.39 is 0 Å². The van der Waals surface area contributed by atoms with Crippen LogP contribution in [-0.2, 0) is 0 Å². The molecule has 4 aromatic heterocycles. The molecule has 0 radical (unpaired) electrons. The molecule has 0 bridgehead atoms. The van der Waals surface area contributed by atoms with Gasteiger partial charge in [-0.2, -0.15) is 19.9 Å². The zero-order chi connectivity index (χ0) is 41.0. The maximum absolute atomic E-state index is 5.18. The Morgan fingerprint density at radius 1 is 0.258 bits per heavy atom. The molecule has 0 saturated heterocycles. The Kier molecular flexibility index (Phi) is 8.31. The molecule has 0 amide bonds. The van der Waals surface area contributed by atoms with Gasteiger partial charge in [0.15, 0.2) is 23.3 Å². The Balaban J connectivity index is 1.10. The molecule has 0 saturated carbocycles. The molecule has 12 aromatic rings. The zero-order valence-corrected chi connectivity index (χ0v) is 33.2. The van der Waals surface area contributed by atoms with Crippen LogP contribution in [0.3, 0.4) is 0 Å². The van der Waals surface area contributed by atoms with Gasteiger partial charge in [0, 0.05) is 43.8 Å². The molecule has 0 aliphatic heterocycles. The first-order valence-electron chi connectivity index (χ1n) is 20.6. The number of benzene rings is 8. The number of hydrogen-bond acceptors (Lipinski definition) is 6. The highest BCUT2D eigenvalue weighted by Crippen LogP contribution is 2.41. The topological polar surface area (TPSA) is 87.2 Å². The lowest BCUT2D eigenvalue weighted by Gasteiger charge is -2.12. The van der Waals surface area contributed by atoms with E-state index in [1.165, 1.54) is 0 Å². The number of para-hydroxylation sites is 2. The van der Waals surface area contributed by atoms with Crippen LogP contribution in [0, 0.1) is 0 Å². The zero-order valence-electron chi connectivity index (χ0n) is 33.2. The van der Waals surface area contributed by atoms with Gasteiger partial charge in [-0.3, -0.25) is 9.13 Å². The minimum absolute atomic E-state index is 0.550. The minimum Gasteiger partial charge on any atom is -0.278 e. The average molecular weight is 795 g/mol. The second-order valence-corrected chi connectivity index (χ2v) is 15.2. The van der Waals surface area contributed by atoms with Gasteiger partial charge in [0.1, 0.15) is 0 Å². The first-order chi connectivity index (χ1) is 30.7. The van der Waals surface area contributed by atoms with Crippen LogP contribution in [0.2, 0.25) is 0 Å². The Hall–Kier alpha value is -8.62. The standard InChI is InChI=1S/C54H34N8/c1-5-18-35(19-6-1)49-55-50(36-20-7-2-8-21-36)58-53(57-49)61-45-30-16-14-27-43(45)48-40(28-17-31-46(48)61)39-32-33-42-41-26-13-15-29-44(41)62(47(42)34-39)54-59-51(37-22-9-3-10-23-37)56-52(60-54)38-24-11-4-12-25-38/h1-34H. The third-order valence-electron chi connectivity index (χ3n) is 11.5. The van der Waals surface area contributed by atoms with Gasteiger partial charge in [-0.1, -0.05) is 182 Å². The summed E-state index contributed by atoms with van der Waals surface area (Å²) in [4.78, 5) is 30.7. The quantitative estimate of drug-likeness (QED) is 0.160. The predicted molar refractivity (Wildman–Crippen MR) is 249 cm³/mol. The predicted octanol–water partition coefficient (Wildman–Crippen LogP) is 12.6. The van der Waals surface area contributed by atoms with Gasteiger partial charge in [0.05, 0.1) is 22.1 Å². The second-order valence-electron chi connectivity index (χ2n) is 15.2. The molecule has 0 aliphatic carbocycles. The van der Waals surface area contributed by atoms with Crippen LogP contribution in [0.5, 0.6) is 0 Å². The molecular formula is C54H34N8. The van der Waals surface area contributed by atoms with Crippen LogP contribution >= 0.6 is 0 Å². The molecule has 0 spiro atoms. The number of aromatic nitrogens is 8. The summed E-state index contributed by atoms with van der Waals surface area (Å²) in [5, 5.41) is 4.42. The van der Waals surface area contributed by atoms with Crippen molar-refractivity contribution < 1.29 is 0 Å². The lowest BCUT2D eigenvalue weighted by molar-refractivity contribution is 0.953. The first kappa shape index (κ1) is 35.3. The third kappa shape index (κ3) is 5.92. The van der Waals surface area contributed by atoms with Crippen molar-refractivity contribution >= 4 is 43.6 Å². The highest BCUT2D eigenvalue weighted by Gasteiger charge is 2.22. The van der Waals surface area contributed by atoms with Crippen LogP contribution in [0.25, 0.3) is 112 Å². The van der Waals surface area contributed by atoms with Gasteiger partial charge in [-0.15, -0.1) is 0 Å². The average Bonchev–Trinajstić information content (AvgIpc) is 3.87. The molecule has 12 rings (SSSR count). The summed E-state index contributed by atoms with van der Waals surface area (Å²) in [6, 6.07) is 70.6. The van der Waals surface area contributed by atoms with Crippen LogP contribution in [0.15, 0.2) is 206 Å². The summed E-state index contributed by atoms with van der Waals surface area (Å²) in [6.07, 6.45) is 0. The highest BCUT2D eigenvalue weighted by atomic mass is 15.2. The molecule has 62 heavy (non-hydrogen) atoms. The molecule has 4 heterocycles. The number of fused-ring (bicyclic) bond motifs is 6. The maximum Gasteiger partial charge on any atom is 0.238 e. The molecule has 0 aliphatic rings. The fourth-order valence-corrected chi connectivity index (χ4v) is 8.62. The fourth-order valence-electron chi connectivity index (χ4n) is 8.62. The lowest BCUT2D eigenvalue weighted by atomic mass is 9.98. The van der Waals surface area contributed by atoms with Crippen molar-refractivity contribution in [2.75, 3.05) is 0 Å². The normalized spacial score (nSPS) is 11.5. The summed E-state index contributed by atoms with van der Waals surface area (Å²) in [5.74, 6) is 3.54. The first-order valence-corrected chi connectivity index (χ1v) is 20.6. The molecule has 8 aromatic carbocycles. The molecule has 0 unspecified atom stereocenters. The van der Waals surface area contributed by atoms with Gasteiger partial charge in [0.25, 0.3) is 0 Å². The van der Waals surface area contributed by atoms with Crippen LogP contribution in [-0.4, -0.2) is 39.0 Å². The van der Waals surface area contributed by atoms with Crippen molar-refractivity contribution in [3.05, 3.63) is 206 Å². The Bertz CT molecular complexity index is 3500. The van der Waals surface area contributed by atoms with Gasteiger partial charge < -0.3 is 0 Å². The van der Waals surface area contributed by atoms with E-state index in [9.17, 15) is 0 Å². The summed E-state index contributed by atoms with van der Waals surface area (Å²) >= 11 is 0. The number of hydrogen-bond donors (Lipinski definition) is 0. The molecule has 8 nitrogen and oxygen atoms in total. The van der Waals surface area contributed by atoms with E-state index >= 15 is 0 Å². The van der Waals surface area contributed by atoms with E-state index in [1.807, 2.05) is 121 Å². The van der Waals surface area contributed by atoms with Gasteiger partial charge >= 0.3 is 0 Å². The Labute approximate surface area is 356 Å². The van der Waals surface area contributed by atoms with Crippen LogP contribution in [0.4, 0.5) is 0 Å². The summed E-state index contributed by atoms with van der Waals surface area (Å²) in [6.45, 7) is 0. The second kappa shape index (κ2) is 14.6. The SMILES string of the molecule is c1ccc(-c2nc(-c3ccccc3)nc(-n3c4ccccc4c4ccc(-c5cccc6c5c5ccccc5n6-c5nc(-c6ccccc6)nc(-c6ccccc6)n5)cc43)n2)cc1. The number of nitrogens with zero attached hydrogens (tertiary/aromatic N) is 8. The van der Waals surface area contributed by atoms with Gasteiger partial charge in [0.2, 0.25) is 11.9 Å². The molecular weight excluding hydrogens is 761 g/mol. The van der Waals surface area contributed by atoms with Gasteiger partial charge in [-0.25, -0.2) is 9.97 Å². The van der Waals surface area contributed by atoms with Crippen LogP contribution < -0.4 is 0 Å². The van der Waals surface area contributed by atoms with Crippen molar-refractivity contribution in [2.24, 2.45) is 0 Å². The molecule has 0 atom stereocenters. The van der Waals surface area contributed by atoms with Crippen molar-refractivity contribution in [3.8, 4) is 68.6 Å². The van der Waals surface area contributed by atoms with E-state index in [-0.39, 0.29) is 0 Å². The largest absolute Gasteiger partial charge is 0.278 e. The van der Waals surface area contributed by atoms with Crippen molar-refractivity contribution in [1.82, 2.24) is 39.0 Å². The summed E-state index contributed by atoms with van der Waals surface area (Å²) in [5.41, 5.74) is 9.82. The van der Waals surface area contributed by atoms with Crippen molar-refractivity contribution in [2.45, 2.75) is 0 Å². The third-order valence-corrected chi connectivity index (χ3v) is 11.5. The maximum atomic E-state index is 5.18. The van der Waals surface area contributed by atoms with E-state index in [0.717, 1.165) is 77.0 Å². The van der Waals surface area contributed by atoms with E-state index in [2.05, 4.69) is 94.1 Å². The summed E-state index contributed by atoms with van der Waals surface area (Å²) in [7, 11) is 0. The fraction of sp³-hybridized carbons (Fsp3) is 0. The number of rotatable bonds is 7. The van der Waals surface area contributed by atoms with Crippen molar-refractivity contribution in [1.29, 1.82) is 0 Å². The summed E-state index contributed by atoms with van der Waals surface area (Å²) < 4.78 is 4.35. The minimum atomic E-state index is 0.550. The van der Waals surface area contributed by atoms with E-state index in [4.69, 9.17) is 29.9 Å². The van der Waals surface area contributed by atoms with E-state index in [1.54, 1.807) is 0 Å². The molecule has 8 heteroatoms. The monoisotopic (exact) mass is 794 g/mol. The van der Waals surface area contributed by atoms with Crippen LogP contribution in [0.1, 0.15) is 0 Å².